The van der Waals surface area contributed by atoms with E-state index in [-0.39, 0.29) is 36.0 Å². The average Bonchev–Trinajstić information content (AvgIpc) is 2.57. The maximum atomic E-state index is 10.2. The molecule has 0 saturated carbocycles. The number of carbonyl (C=O) groups is 1. The molecule has 0 aliphatic heterocycles. The quantitative estimate of drug-likeness (QED) is 0.272. The molecule has 0 fully saturated rings. The van der Waals surface area contributed by atoms with Crippen molar-refractivity contribution >= 4 is 5.97 Å². The minimum absolute atomic E-state index is 0. The Balaban J connectivity index is 0. The SMILES string of the molecule is CC[C@@H](O)/C=C/C=C/C[C@@H](O)/C=C/C=C/C=C/[C@@H](O)CCCC(=O)[O-].[Na+]. The van der Waals surface area contributed by atoms with Crippen molar-refractivity contribution < 1.29 is 54.8 Å². The molecule has 0 rings (SSSR count). The molecule has 3 N–H and O–H groups in total. The third-order valence-corrected chi connectivity index (χ3v) is 3.26. The molecule has 0 heterocycles. The Morgan fingerprint density at radius 1 is 0.885 bits per heavy atom. The molecule has 0 aromatic heterocycles. The van der Waals surface area contributed by atoms with Crippen molar-refractivity contribution in [1.82, 2.24) is 0 Å². The fourth-order valence-electron chi connectivity index (χ4n) is 1.77. The normalized spacial score (nSPS) is 16.0. The van der Waals surface area contributed by atoms with E-state index in [1.807, 2.05) is 13.0 Å². The van der Waals surface area contributed by atoms with Crippen molar-refractivity contribution in [1.29, 1.82) is 0 Å². The molecule has 6 heteroatoms. The molecular weight excluding hydrogens is 343 g/mol. The summed E-state index contributed by atoms with van der Waals surface area (Å²) in [5.74, 6) is -1.11. The number of aliphatic hydroxyl groups is 3. The zero-order valence-corrected chi connectivity index (χ0v) is 17.7. The second kappa shape index (κ2) is 18.8. The fourth-order valence-corrected chi connectivity index (χ4v) is 1.77. The van der Waals surface area contributed by atoms with Crippen molar-refractivity contribution in [2.45, 2.75) is 57.3 Å². The van der Waals surface area contributed by atoms with Crippen LogP contribution in [-0.4, -0.2) is 39.6 Å². The predicted octanol–water partition coefficient (Wildman–Crippen LogP) is -1.43. The molecular formula is C20H29NaO5. The largest absolute Gasteiger partial charge is 1.00 e. The summed E-state index contributed by atoms with van der Waals surface area (Å²) in [6, 6.07) is 0. The first-order valence-corrected chi connectivity index (χ1v) is 8.54. The van der Waals surface area contributed by atoms with Gasteiger partial charge in [0.25, 0.3) is 0 Å². The maximum Gasteiger partial charge on any atom is 1.00 e. The number of hydrogen-bond donors (Lipinski definition) is 3. The van der Waals surface area contributed by atoms with Crippen molar-refractivity contribution in [3.8, 4) is 0 Å². The van der Waals surface area contributed by atoms with E-state index in [0.717, 1.165) is 0 Å². The molecule has 0 spiro atoms. The van der Waals surface area contributed by atoms with Crippen LogP contribution in [0, 0.1) is 0 Å². The van der Waals surface area contributed by atoms with Crippen LogP contribution in [0.1, 0.15) is 39.0 Å². The monoisotopic (exact) mass is 372 g/mol. The smallest absolute Gasteiger partial charge is 0.550 e. The number of carboxylic acids is 1. The Kier molecular flexibility index (Phi) is 19.7. The Morgan fingerprint density at radius 3 is 2.00 bits per heavy atom. The van der Waals surface area contributed by atoms with Crippen molar-refractivity contribution in [2.75, 3.05) is 0 Å². The summed E-state index contributed by atoms with van der Waals surface area (Å²) in [6.45, 7) is 1.90. The van der Waals surface area contributed by atoms with Crippen LogP contribution in [0.5, 0.6) is 0 Å². The van der Waals surface area contributed by atoms with Gasteiger partial charge in [0.15, 0.2) is 0 Å². The van der Waals surface area contributed by atoms with Crippen LogP contribution >= 0.6 is 0 Å². The van der Waals surface area contributed by atoms with Crippen LogP contribution < -0.4 is 34.7 Å². The minimum atomic E-state index is -1.11. The van der Waals surface area contributed by atoms with Gasteiger partial charge in [0.05, 0.1) is 18.3 Å². The van der Waals surface area contributed by atoms with E-state index in [1.165, 1.54) is 0 Å². The minimum Gasteiger partial charge on any atom is -0.550 e. The molecule has 5 nitrogen and oxygen atoms in total. The van der Waals surface area contributed by atoms with Crippen molar-refractivity contribution in [2.24, 2.45) is 0 Å². The van der Waals surface area contributed by atoms with E-state index in [0.29, 0.717) is 25.7 Å². The molecule has 0 radical (unpaired) electrons. The van der Waals surface area contributed by atoms with Gasteiger partial charge in [-0.2, -0.15) is 0 Å². The van der Waals surface area contributed by atoms with E-state index in [1.54, 1.807) is 54.7 Å². The Bertz CT molecular complexity index is 494. The Morgan fingerprint density at radius 2 is 1.42 bits per heavy atom. The van der Waals surface area contributed by atoms with Crippen LogP contribution in [-0.2, 0) is 4.79 Å². The van der Waals surface area contributed by atoms with E-state index in [4.69, 9.17) is 0 Å². The molecule has 0 aromatic carbocycles. The van der Waals surface area contributed by atoms with Crippen LogP contribution in [0.15, 0.2) is 60.8 Å². The summed E-state index contributed by atoms with van der Waals surface area (Å²) in [5, 5.41) is 38.9. The first-order valence-electron chi connectivity index (χ1n) is 8.54. The third kappa shape index (κ3) is 19.4. The third-order valence-electron chi connectivity index (χ3n) is 3.26. The summed E-state index contributed by atoms with van der Waals surface area (Å²) < 4.78 is 0. The summed E-state index contributed by atoms with van der Waals surface area (Å²) in [6.07, 6.45) is 17.3. The standard InChI is InChI=1S/C20H30O5.Na/c1-2-17(21)11-8-5-9-14-18(22)12-6-3-4-7-13-19(23)15-10-16-20(24)25;/h3-9,11-13,17-19,21-23H,2,10,14-16H2,1H3,(H,24,25);/q;+1/p-1/b4-3+,9-5+,11-8+,12-6+,13-7+;/t17-,18+,19-;/m1./s1. The number of allylic oxidation sites excluding steroid dienone is 6. The molecule has 26 heavy (non-hydrogen) atoms. The van der Waals surface area contributed by atoms with Gasteiger partial charge in [-0.3, -0.25) is 0 Å². The Hall–Kier alpha value is -0.950. The molecule has 0 unspecified atom stereocenters. The molecule has 0 aliphatic rings. The van der Waals surface area contributed by atoms with Gasteiger partial charge in [-0.15, -0.1) is 0 Å². The van der Waals surface area contributed by atoms with Crippen molar-refractivity contribution in [3.05, 3.63) is 60.8 Å². The van der Waals surface area contributed by atoms with Gasteiger partial charge in [-0.05, 0) is 32.1 Å². The van der Waals surface area contributed by atoms with Crippen LogP contribution in [0.2, 0.25) is 0 Å². The van der Waals surface area contributed by atoms with E-state index in [2.05, 4.69) is 0 Å². The first-order chi connectivity index (χ1) is 12.0. The Labute approximate surface area is 178 Å². The van der Waals surface area contributed by atoms with E-state index >= 15 is 0 Å². The molecule has 0 bridgehead atoms. The van der Waals surface area contributed by atoms with Crippen LogP contribution in [0.4, 0.5) is 0 Å². The molecule has 0 amide bonds. The second-order valence-electron chi connectivity index (χ2n) is 5.58. The molecule has 3 atom stereocenters. The van der Waals surface area contributed by atoms with E-state index < -0.39 is 24.3 Å². The van der Waals surface area contributed by atoms with Gasteiger partial charge in [-0.1, -0.05) is 67.7 Å². The molecule has 0 aliphatic carbocycles. The number of carbonyl (C=O) groups excluding carboxylic acids is 1. The van der Waals surface area contributed by atoms with Gasteiger partial charge in [0.1, 0.15) is 0 Å². The number of aliphatic carboxylic acids is 1. The summed E-state index contributed by atoms with van der Waals surface area (Å²) in [5.41, 5.74) is 0. The zero-order valence-electron chi connectivity index (χ0n) is 15.7. The second-order valence-corrected chi connectivity index (χ2v) is 5.58. The van der Waals surface area contributed by atoms with Gasteiger partial charge in [-0.25, -0.2) is 0 Å². The summed E-state index contributed by atoms with van der Waals surface area (Å²) in [7, 11) is 0. The maximum absolute atomic E-state index is 10.2. The summed E-state index contributed by atoms with van der Waals surface area (Å²) in [4.78, 5) is 10.2. The van der Waals surface area contributed by atoms with Crippen LogP contribution in [0.3, 0.4) is 0 Å². The number of rotatable bonds is 13. The molecule has 0 aromatic rings. The number of hydrogen-bond acceptors (Lipinski definition) is 5. The summed E-state index contributed by atoms with van der Waals surface area (Å²) >= 11 is 0. The molecule has 0 saturated heterocycles. The topological polar surface area (TPSA) is 101 Å². The van der Waals surface area contributed by atoms with Crippen LogP contribution in [0.25, 0.3) is 0 Å². The average molecular weight is 372 g/mol. The van der Waals surface area contributed by atoms with Crippen molar-refractivity contribution in [3.63, 3.8) is 0 Å². The first kappa shape index (κ1) is 27.3. The van der Waals surface area contributed by atoms with Gasteiger partial charge in [0.2, 0.25) is 0 Å². The van der Waals surface area contributed by atoms with Gasteiger partial charge >= 0.3 is 29.6 Å². The molecule has 140 valence electrons. The predicted molar refractivity (Wildman–Crippen MR) is 97.5 cm³/mol. The number of carboxylic acid groups (broad SMARTS) is 1. The fraction of sp³-hybridized carbons (Fsp3) is 0.450. The number of aliphatic hydroxyl groups excluding tert-OH is 3. The zero-order chi connectivity index (χ0) is 18.9. The van der Waals surface area contributed by atoms with E-state index in [9.17, 15) is 25.2 Å². The van der Waals surface area contributed by atoms with Gasteiger partial charge in [0, 0.05) is 5.97 Å². The van der Waals surface area contributed by atoms with Gasteiger partial charge < -0.3 is 25.2 Å².